The lowest BCUT2D eigenvalue weighted by atomic mass is 10.0. The Labute approximate surface area is 187 Å². The fourth-order valence-corrected chi connectivity index (χ4v) is 3.56. The van der Waals surface area contributed by atoms with Gasteiger partial charge in [0.2, 0.25) is 0 Å². The van der Waals surface area contributed by atoms with Crippen molar-refractivity contribution in [3.8, 4) is 5.75 Å². The van der Waals surface area contributed by atoms with E-state index >= 15 is 0 Å². The van der Waals surface area contributed by atoms with Crippen molar-refractivity contribution >= 4 is 44.8 Å². The van der Waals surface area contributed by atoms with E-state index < -0.39 is 5.97 Å². The molecule has 0 heterocycles. The van der Waals surface area contributed by atoms with Crippen LogP contribution in [0.15, 0.2) is 101 Å². The smallest absolute Gasteiger partial charge is 0.343 e. The highest BCUT2D eigenvalue weighted by Crippen LogP contribution is 2.27. The summed E-state index contributed by atoms with van der Waals surface area (Å²) in [6, 6.07) is 27.1. The topological polar surface area (TPSA) is 67.8 Å². The summed E-state index contributed by atoms with van der Waals surface area (Å²) in [5, 5.41) is 5.92. The summed E-state index contributed by atoms with van der Waals surface area (Å²) in [6.07, 6.45) is 1.49. The molecule has 0 bridgehead atoms. The van der Waals surface area contributed by atoms with Crippen LogP contribution in [0.3, 0.4) is 0 Å². The van der Waals surface area contributed by atoms with Gasteiger partial charge in [0.1, 0.15) is 5.75 Å². The van der Waals surface area contributed by atoms with Crippen molar-refractivity contribution in [2.24, 2.45) is 5.10 Å². The SMILES string of the molecule is O=C(Oc1ccc2ccccc2c1/C=N/NC(=O)c1ccccc1Br)c1ccccc1. The number of nitrogens with zero attached hydrogens (tertiary/aromatic N) is 1. The van der Waals surface area contributed by atoms with E-state index in [0.29, 0.717) is 26.9 Å². The number of hydrogen-bond donors (Lipinski definition) is 1. The van der Waals surface area contributed by atoms with Crippen molar-refractivity contribution in [2.45, 2.75) is 0 Å². The molecule has 1 amide bonds. The van der Waals surface area contributed by atoms with E-state index in [-0.39, 0.29) is 5.91 Å². The number of amides is 1. The van der Waals surface area contributed by atoms with Crippen molar-refractivity contribution < 1.29 is 14.3 Å². The summed E-state index contributed by atoms with van der Waals surface area (Å²) < 4.78 is 6.32. The second-order valence-corrected chi connectivity index (χ2v) is 7.49. The molecule has 0 aliphatic rings. The zero-order valence-electron chi connectivity index (χ0n) is 16.3. The van der Waals surface area contributed by atoms with Crippen LogP contribution in [0.5, 0.6) is 5.75 Å². The highest BCUT2D eigenvalue weighted by atomic mass is 79.9. The summed E-state index contributed by atoms with van der Waals surface area (Å²) in [7, 11) is 0. The number of rotatable bonds is 5. The van der Waals surface area contributed by atoms with Gasteiger partial charge < -0.3 is 4.74 Å². The van der Waals surface area contributed by atoms with Gasteiger partial charge in [-0.3, -0.25) is 4.79 Å². The zero-order valence-corrected chi connectivity index (χ0v) is 17.9. The van der Waals surface area contributed by atoms with E-state index in [4.69, 9.17) is 4.74 Å². The number of hydrogen-bond acceptors (Lipinski definition) is 4. The van der Waals surface area contributed by atoms with Crippen molar-refractivity contribution in [3.63, 3.8) is 0 Å². The van der Waals surface area contributed by atoms with Crippen LogP contribution in [0.4, 0.5) is 0 Å². The average molecular weight is 473 g/mol. The minimum atomic E-state index is -0.470. The van der Waals surface area contributed by atoms with Gasteiger partial charge in [-0.25, -0.2) is 10.2 Å². The molecule has 0 spiro atoms. The van der Waals surface area contributed by atoms with Crippen molar-refractivity contribution in [1.29, 1.82) is 0 Å². The van der Waals surface area contributed by atoms with Crippen LogP contribution in [0, 0.1) is 0 Å². The van der Waals surface area contributed by atoms with Gasteiger partial charge in [-0.1, -0.05) is 60.7 Å². The van der Waals surface area contributed by atoms with Gasteiger partial charge in [0.25, 0.3) is 5.91 Å². The van der Waals surface area contributed by atoms with Gasteiger partial charge >= 0.3 is 5.97 Å². The van der Waals surface area contributed by atoms with Crippen LogP contribution >= 0.6 is 15.9 Å². The molecule has 0 saturated carbocycles. The molecule has 1 N–H and O–H groups in total. The average Bonchev–Trinajstić information content (AvgIpc) is 2.81. The Hall–Kier alpha value is -3.77. The highest BCUT2D eigenvalue weighted by Gasteiger charge is 2.14. The number of fused-ring (bicyclic) bond motifs is 1. The Bertz CT molecular complexity index is 1290. The third kappa shape index (κ3) is 4.70. The predicted molar refractivity (Wildman–Crippen MR) is 125 cm³/mol. The summed E-state index contributed by atoms with van der Waals surface area (Å²) >= 11 is 3.36. The lowest BCUT2D eigenvalue weighted by Gasteiger charge is -2.10. The molecule has 0 unspecified atom stereocenters. The maximum absolute atomic E-state index is 12.6. The van der Waals surface area contributed by atoms with Crippen LogP contribution in [-0.2, 0) is 0 Å². The van der Waals surface area contributed by atoms with Crippen LogP contribution in [0.25, 0.3) is 10.8 Å². The van der Waals surface area contributed by atoms with Gasteiger partial charge in [-0.05, 0) is 57.0 Å². The molecule has 4 aromatic rings. The molecule has 0 radical (unpaired) electrons. The summed E-state index contributed by atoms with van der Waals surface area (Å²) in [5.74, 6) is -0.471. The second-order valence-electron chi connectivity index (χ2n) is 6.63. The zero-order chi connectivity index (χ0) is 21.6. The Kier molecular flexibility index (Phi) is 6.19. The van der Waals surface area contributed by atoms with Gasteiger partial charge in [0, 0.05) is 10.0 Å². The molecule has 0 atom stereocenters. The lowest BCUT2D eigenvalue weighted by molar-refractivity contribution is 0.0734. The number of esters is 1. The van der Waals surface area contributed by atoms with E-state index in [9.17, 15) is 9.59 Å². The van der Waals surface area contributed by atoms with E-state index in [0.717, 1.165) is 10.8 Å². The summed E-state index contributed by atoms with van der Waals surface area (Å²) in [6.45, 7) is 0. The van der Waals surface area contributed by atoms with E-state index in [1.807, 2.05) is 42.5 Å². The minimum absolute atomic E-state index is 0.353. The number of carbonyl (C=O) groups excluding carboxylic acids is 2. The monoisotopic (exact) mass is 472 g/mol. The summed E-state index contributed by atoms with van der Waals surface area (Å²) in [5.41, 5.74) is 4.03. The lowest BCUT2D eigenvalue weighted by Crippen LogP contribution is -2.18. The Balaban J connectivity index is 1.64. The number of benzene rings is 4. The van der Waals surface area contributed by atoms with Crippen molar-refractivity contribution in [2.75, 3.05) is 0 Å². The number of hydrazone groups is 1. The molecule has 5 nitrogen and oxygen atoms in total. The van der Waals surface area contributed by atoms with E-state index in [1.54, 1.807) is 48.5 Å². The molecule has 0 aliphatic carbocycles. The third-order valence-corrected chi connectivity index (χ3v) is 5.31. The number of carbonyl (C=O) groups is 2. The van der Waals surface area contributed by atoms with Crippen molar-refractivity contribution in [3.05, 3.63) is 112 Å². The fourth-order valence-electron chi connectivity index (χ4n) is 3.09. The second kappa shape index (κ2) is 9.36. The maximum atomic E-state index is 12.6. The standard InChI is InChI=1S/C25H17BrN2O3/c26-22-13-7-6-12-20(22)24(29)28-27-16-21-19-11-5-4-8-17(19)14-15-23(21)31-25(30)18-9-2-1-3-10-18/h1-16H,(H,28,29)/b27-16+. The van der Waals surface area contributed by atoms with E-state index in [2.05, 4.69) is 26.5 Å². The first-order chi connectivity index (χ1) is 15.1. The van der Waals surface area contributed by atoms with Crippen LogP contribution in [0.1, 0.15) is 26.3 Å². The number of nitrogens with one attached hydrogen (secondary N) is 1. The maximum Gasteiger partial charge on any atom is 0.343 e. The van der Waals surface area contributed by atoms with Gasteiger partial charge in [0.15, 0.2) is 0 Å². The molecule has 0 fully saturated rings. The minimum Gasteiger partial charge on any atom is -0.422 e. The fraction of sp³-hybridized carbons (Fsp3) is 0. The normalized spacial score (nSPS) is 10.9. The molecular weight excluding hydrogens is 456 g/mol. The predicted octanol–water partition coefficient (Wildman–Crippen LogP) is 5.59. The Morgan fingerprint density at radius 1 is 0.839 bits per heavy atom. The van der Waals surface area contributed by atoms with Crippen LogP contribution < -0.4 is 10.2 Å². The molecule has 0 aliphatic heterocycles. The van der Waals surface area contributed by atoms with E-state index in [1.165, 1.54) is 6.21 Å². The first-order valence-corrected chi connectivity index (χ1v) is 10.3. The number of halogens is 1. The third-order valence-electron chi connectivity index (χ3n) is 4.62. The molecule has 152 valence electrons. The van der Waals surface area contributed by atoms with Crippen LogP contribution in [-0.4, -0.2) is 18.1 Å². The van der Waals surface area contributed by atoms with Crippen LogP contribution in [0.2, 0.25) is 0 Å². The first-order valence-electron chi connectivity index (χ1n) is 9.50. The Morgan fingerprint density at radius 3 is 2.35 bits per heavy atom. The van der Waals surface area contributed by atoms with Gasteiger partial charge in [-0.2, -0.15) is 5.10 Å². The molecule has 0 saturated heterocycles. The van der Waals surface area contributed by atoms with Gasteiger partial charge in [-0.15, -0.1) is 0 Å². The molecule has 31 heavy (non-hydrogen) atoms. The number of ether oxygens (including phenoxy) is 1. The first kappa shape index (κ1) is 20.5. The highest BCUT2D eigenvalue weighted by molar-refractivity contribution is 9.10. The quantitative estimate of drug-likeness (QED) is 0.178. The molecular formula is C25H17BrN2O3. The molecule has 4 rings (SSSR count). The van der Waals surface area contributed by atoms with Crippen molar-refractivity contribution in [1.82, 2.24) is 5.43 Å². The summed E-state index contributed by atoms with van der Waals surface area (Å²) in [4.78, 5) is 25.0. The Morgan fingerprint density at radius 2 is 1.55 bits per heavy atom. The van der Waals surface area contributed by atoms with Gasteiger partial charge in [0.05, 0.1) is 17.3 Å². The molecule has 0 aromatic heterocycles. The molecule has 4 aromatic carbocycles. The largest absolute Gasteiger partial charge is 0.422 e. The molecule has 6 heteroatoms.